The molecular formula is C23H23NO7. The lowest BCUT2D eigenvalue weighted by atomic mass is 9.94. The first-order valence-corrected chi connectivity index (χ1v) is 9.64. The van der Waals surface area contributed by atoms with Crippen molar-refractivity contribution >= 4 is 17.8 Å². The molecule has 1 aliphatic heterocycles. The van der Waals surface area contributed by atoms with E-state index in [9.17, 15) is 14.4 Å². The van der Waals surface area contributed by atoms with Crippen molar-refractivity contribution in [2.24, 2.45) is 5.92 Å². The number of Topliss-reactive ketones (excluding diaryl/α,β-unsaturated/α-hetero) is 1. The van der Waals surface area contributed by atoms with Gasteiger partial charge in [-0.05, 0) is 45.9 Å². The standard InChI is InChI=1S/C23H23NO7/c1-14-21(30-15-8-6-5-7-9-15)20(26)17-11-10-16(12-18(17)28-14)29-19(25)13-24-22(27)31-23(2,3)4/h5-9,11-12,17H,13H2,1-4H3,(H,24,27)/t17-/m1/s1. The van der Waals surface area contributed by atoms with Crippen LogP contribution in [0.3, 0.4) is 0 Å². The summed E-state index contributed by atoms with van der Waals surface area (Å²) in [6.45, 7) is 6.36. The van der Waals surface area contributed by atoms with Gasteiger partial charge in [0.25, 0.3) is 0 Å². The van der Waals surface area contributed by atoms with E-state index in [1.54, 1.807) is 52.0 Å². The number of allylic oxidation sites excluding steroid dienone is 3. The van der Waals surface area contributed by atoms with Crippen LogP contribution in [0.15, 0.2) is 71.3 Å². The maximum Gasteiger partial charge on any atom is 0.408 e. The summed E-state index contributed by atoms with van der Waals surface area (Å²) in [4.78, 5) is 36.5. The summed E-state index contributed by atoms with van der Waals surface area (Å²) in [5.74, 6) is -0.464. The Bertz CT molecular complexity index is 1020. The Labute approximate surface area is 179 Å². The second kappa shape index (κ2) is 8.93. The van der Waals surface area contributed by atoms with E-state index in [1.165, 1.54) is 12.2 Å². The quantitative estimate of drug-likeness (QED) is 0.569. The van der Waals surface area contributed by atoms with Crippen LogP contribution in [0.4, 0.5) is 4.79 Å². The summed E-state index contributed by atoms with van der Waals surface area (Å²) in [5, 5.41) is 2.31. The van der Waals surface area contributed by atoms with Gasteiger partial charge in [-0.15, -0.1) is 0 Å². The van der Waals surface area contributed by atoms with Gasteiger partial charge in [0.15, 0.2) is 5.76 Å². The number of amides is 1. The summed E-state index contributed by atoms with van der Waals surface area (Å²) < 4.78 is 21.6. The summed E-state index contributed by atoms with van der Waals surface area (Å²) in [5.41, 5.74) is 2.07. The predicted octanol–water partition coefficient (Wildman–Crippen LogP) is 3.52. The highest BCUT2D eigenvalue weighted by atomic mass is 16.6. The molecule has 0 saturated heterocycles. The third kappa shape index (κ3) is 5.87. The van der Waals surface area contributed by atoms with Crippen molar-refractivity contribution in [1.29, 1.82) is 0 Å². The van der Waals surface area contributed by atoms with E-state index in [1.807, 2.05) is 6.07 Å². The normalized spacial score (nSPS) is 17.7. The van der Waals surface area contributed by atoms with Crippen LogP contribution < -0.4 is 10.1 Å². The molecule has 1 aliphatic carbocycles. The highest BCUT2D eigenvalue weighted by molar-refractivity contribution is 6.00. The van der Waals surface area contributed by atoms with Crippen molar-refractivity contribution in [2.75, 3.05) is 6.54 Å². The van der Waals surface area contributed by atoms with Crippen molar-refractivity contribution in [3.63, 3.8) is 0 Å². The minimum atomic E-state index is -0.732. The van der Waals surface area contributed by atoms with Crippen molar-refractivity contribution in [2.45, 2.75) is 33.3 Å². The van der Waals surface area contributed by atoms with Gasteiger partial charge in [0.2, 0.25) is 11.5 Å². The largest absolute Gasteiger partial charge is 0.461 e. The second-order valence-corrected chi connectivity index (χ2v) is 7.80. The summed E-state index contributed by atoms with van der Waals surface area (Å²) in [6.07, 6.45) is 2.13. The molecule has 8 heteroatoms. The number of para-hydroxylation sites is 1. The molecule has 0 bridgehead atoms. The fourth-order valence-electron chi connectivity index (χ4n) is 2.75. The van der Waals surface area contributed by atoms with Crippen LogP contribution in [0.5, 0.6) is 5.75 Å². The number of carbonyl (C=O) groups is 3. The third-order valence-corrected chi connectivity index (χ3v) is 4.03. The van der Waals surface area contributed by atoms with Crippen LogP contribution in [-0.2, 0) is 23.8 Å². The molecule has 0 fully saturated rings. The molecule has 1 N–H and O–H groups in total. The Morgan fingerprint density at radius 2 is 1.90 bits per heavy atom. The molecule has 0 spiro atoms. The van der Waals surface area contributed by atoms with Gasteiger partial charge in [-0.3, -0.25) is 4.79 Å². The third-order valence-electron chi connectivity index (χ3n) is 4.03. The molecule has 8 nitrogen and oxygen atoms in total. The van der Waals surface area contributed by atoms with Crippen molar-refractivity contribution < 1.29 is 33.3 Å². The number of carbonyl (C=O) groups excluding carboxylic acids is 3. The monoisotopic (exact) mass is 425 g/mol. The maximum absolute atomic E-state index is 12.8. The summed E-state index contributed by atoms with van der Waals surface area (Å²) in [7, 11) is 0. The Kier molecular flexibility index (Phi) is 6.32. The number of ether oxygens (including phenoxy) is 4. The van der Waals surface area contributed by atoms with Gasteiger partial charge in [0, 0.05) is 6.08 Å². The van der Waals surface area contributed by atoms with Crippen LogP contribution in [0.25, 0.3) is 0 Å². The number of esters is 1. The molecule has 1 aromatic carbocycles. The predicted molar refractivity (Wildman–Crippen MR) is 109 cm³/mol. The van der Waals surface area contributed by atoms with Gasteiger partial charge in [-0.2, -0.15) is 0 Å². The zero-order valence-electron chi connectivity index (χ0n) is 17.7. The van der Waals surface area contributed by atoms with Crippen molar-refractivity contribution in [1.82, 2.24) is 5.32 Å². The van der Waals surface area contributed by atoms with Crippen LogP contribution in [-0.4, -0.2) is 30.0 Å². The first-order chi connectivity index (χ1) is 14.6. The Hall–Kier alpha value is -3.77. The van der Waals surface area contributed by atoms with E-state index < -0.39 is 23.6 Å². The number of ketones is 1. The minimum absolute atomic E-state index is 0.0651. The Morgan fingerprint density at radius 3 is 2.58 bits per heavy atom. The highest BCUT2D eigenvalue weighted by Gasteiger charge is 2.36. The number of alkyl carbamates (subject to hydrolysis) is 1. The molecule has 0 unspecified atom stereocenters. The highest BCUT2D eigenvalue weighted by Crippen LogP contribution is 2.33. The van der Waals surface area contributed by atoms with Crippen LogP contribution in [0, 0.1) is 5.92 Å². The molecule has 2 aliphatic rings. The van der Waals surface area contributed by atoms with Gasteiger partial charge in [0.05, 0.1) is 0 Å². The van der Waals surface area contributed by atoms with Gasteiger partial charge in [-0.25, -0.2) is 9.59 Å². The number of nitrogens with one attached hydrogen (secondary N) is 1. The molecule has 1 heterocycles. The Balaban J connectivity index is 1.62. The lowest BCUT2D eigenvalue weighted by molar-refractivity contribution is -0.137. The number of hydrogen-bond acceptors (Lipinski definition) is 7. The van der Waals surface area contributed by atoms with E-state index in [-0.39, 0.29) is 23.8 Å². The molecule has 1 aromatic rings. The van der Waals surface area contributed by atoms with E-state index in [4.69, 9.17) is 18.9 Å². The minimum Gasteiger partial charge on any atom is -0.461 e. The first-order valence-electron chi connectivity index (χ1n) is 9.64. The molecule has 3 rings (SSSR count). The average molecular weight is 425 g/mol. The molecular weight excluding hydrogens is 402 g/mol. The first kappa shape index (κ1) is 21.9. The fourth-order valence-corrected chi connectivity index (χ4v) is 2.75. The maximum atomic E-state index is 12.8. The van der Waals surface area contributed by atoms with E-state index >= 15 is 0 Å². The SMILES string of the molecule is CC1=C(Oc2ccccc2)C(=O)[C@@H]2C=C=C(OC(=O)CNC(=O)OC(C)(C)C)C=C2O1. The van der Waals surface area contributed by atoms with E-state index in [2.05, 4.69) is 11.0 Å². The zero-order valence-corrected chi connectivity index (χ0v) is 17.7. The molecule has 0 saturated carbocycles. The molecule has 31 heavy (non-hydrogen) atoms. The van der Waals surface area contributed by atoms with Gasteiger partial charge in [0.1, 0.15) is 35.3 Å². The molecule has 0 aromatic heterocycles. The van der Waals surface area contributed by atoms with E-state index in [0.717, 1.165) is 0 Å². The zero-order chi connectivity index (χ0) is 22.6. The fraction of sp³-hybridized carbons (Fsp3) is 0.304. The number of hydrogen-bond donors (Lipinski definition) is 1. The topological polar surface area (TPSA) is 100 Å². The Morgan fingerprint density at radius 1 is 1.19 bits per heavy atom. The second-order valence-electron chi connectivity index (χ2n) is 7.80. The van der Waals surface area contributed by atoms with Gasteiger partial charge >= 0.3 is 12.1 Å². The van der Waals surface area contributed by atoms with Gasteiger partial charge in [-0.1, -0.05) is 23.9 Å². The molecule has 162 valence electrons. The summed E-state index contributed by atoms with van der Waals surface area (Å²) in [6, 6.07) is 8.91. The molecule has 1 amide bonds. The van der Waals surface area contributed by atoms with Crippen LogP contribution >= 0.6 is 0 Å². The van der Waals surface area contributed by atoms with Crippen molar-refractivity contribution in [3.05, 3.63) is 71.3 Å². The molecule has 0 radical (unpaired) electrons. The van der Waals surface area contributed by atoms with Crippen LogP contribution in [0.1, 0.15) is 27.7 Å². The summed E-state index contributed by atoms with van der Waals surface area (Å²) >= 11 is 0. The number of fused-ring (bicyclic) bond motifs is 1. The number of benzene rings is 1. The van der Waals surface area contributed by atoms with Crippen LogP contribution in [0.2, 0.25) is 0 Å². The number of rotatable bonds is 5. The lowest BCUT2D eigenvalue weighted by Crippen LogP contribution is -2.36. The van der Waals surface area contributed by atoms with E-state index in [0.29, 0.717) is 17.3 Å². The smallest absolute Gasteiger partial charge is 0.408 e. The van der Waals surface area contributed by atoms with Crippen molar-refractivity contribution in [3.8, 4) is 5.75 Å². The average Bonchev–Trinajstić information content (AvgIpc) is 2.69. The lowest BCUT2D eigenvalue weighted by Gasteiger charge is -2.26. The molecule has 1 atom stereocenters. The van der Waals surface area contributed by atoms with Gasteiger partial charge < -0.3 is 24.3 Å².